The van der Waals surface area contributed by atoms with Gasteiger partial charge in [0, 0.05) is 32.5 Å². The molecule has 4 nitrogen and oxygen atoms in total. The molecular formula is C21H20ClN3OS. The van der Waals surface area contributed by atoms with Gasteiger partial charge in [0.05, 0.1) is 5.39 Å². The Hall–Kier alpha value is -2.37. The highest BCUT2D eigenvalue weighted by Gasteiger charge is 2.18. The number of aryl methyl sites for hydroxylation is 3. The third-order valence-electron chi connectivity index (χ3n) is 5.21. The fraction of sp³-hybridized carbons (Fsp3) is 0.238. The Morgan fingerprint density at radius 2 is 1.85 bits per heavy atom. The zero-order valence-corrected chi connectivity index (χ0v) is 17.5. The highest BCUT2D eigenvalue weighted by molar-refractivity contribution is 7.18. The predicted molar refractivity (Wildman–Crippen MR) is 114 cm³/mol. The first-order valence-corrected chi connectivity index (χ1v) is 9.94. The van der Waals surface area contributed by atoms with Gasteiger partial charge in [0.25, 0.3) is 5.56 Å². The van der Waals surface area contributed by atoms with E-state index in [0.29, 0.717) is 11.2 Å². The van der Waals surface area contributed by atoms with E-state index < -0.39 is 0 Å². The molecule has 0 spiro atoms. The molecule has 6 heteroatoms. The van der Waals surface area contributed by atoms with Crippen molar-refractivity contribution < 1.29 is 0 Å². The molecule has 1 aromatic carbocycles. The number of hydrogen-bond acceptors (Lipinski definition) is 3. The second-order valence-corrected chi connectivity index (χ2v) is 8.49. The van der Waals surface area contributed by atoms with Crippen LogP contribution in [0.15, 0.2) is 29.1 Å². The number of halogens is 1. The highest BCUT2D eigenvalue weighted by atomic mass is 35.5. The van der Waals surface area contributed by atoms with Gasteiger partial charge in [-0.05, 0) is 63.9 Å². The maximum absolute atomic E-state index is 12.7. The van der Waals surface area contributed by atoms with Crippen molar-refractivity contribution in [2.75, 3.05) is 0 Å². The van der Waals surface area contributed by atoms with Crippen LogP contribution in [0.2, 0.25) is 5.02 Å². The summed E-state index contributed by atoms with van der Waals surface area (Å²) in [6.07, 6.45) is 0. The number of aromatic amines is 1. The first-order chi connectivity index (χ1) is 12.8. The van der Waals surface area contributed by atoms with Crippen molar-refractivity contribution in [2.24, 2.45) is 0 Å². The second-order valence-electron chi connectivity index (χ2n) is 6.88. The van der Waals surface area contributed by atoms with Crippen molar-refractivity contribution >= 4 is 33.2 Å². The molecule has 0 aliphatic rings. The van der Waals surface area contributed by atoms with E-state index in [4.69, 9.17) is 16.6 Å². The van der Waals surface area contributed by atoms with E-state index in [1.54, 1.807) is 11.3 Å². The van der Waals surface area contributed by atoms with Crippen molar-refractivity contribution in [3.63, 3.8) is 0 Å². The topological polar surface area (TPSA) is 50.7 Å². The van der Waals surface area contributed by atoms with Crippen molar-refractivity contribution in [2.45, 2.75) is 34.6 Å². The first-order valence-electron chi connectivity index (χ1n) is 8.74. The standard InChI is InChI=1S/C21H20ClN3OS/c1-10-9-15(13(4)25(10)17-8-6-7-16(22)12(17)3)19-23-20(26)18-11(2)14(5)27-21(18)24-19/h6-9H,1-5H3,(H,23,24,26). The summed E-state index contributed by atoms with van der Waals surface area (Å²) in [5.74, 6) is 0.604. The van der Waals surface area contributed by atoms with E-state index in [2.05, 4.69) is 21.7 Å². The van der Waals surface area contributed by atoms with Crippen LogP contribution in [0.3, 0.4) is 0 Å². The Morgan fingerprint density at radius 1 is 1.11 bits per heavy atom. The van der Waals surface area contributed by atoms with E-state index in [1.807, 2.05) is 46.8 Å². The smallest absolute Gasteiger partial charge is 0.260 e. The molecule has 0 unspecified atom stereocenters. The second kappa shape index (κ2) is 6.36. The molecule has 0 aliphatic carbocycles. The highest BCUT2D eigenvalue weighted by Crippen LogP contribution is 2.32. The Bertz CT molecular complexity index is 1260. The van der Waals surface area contributed by atoms with Gasteiger partial charge < -0.3 is 9.55 Å². The lowest BCUT2D eigenvalue weighted by Gasteiger charge is -2.14. The Balaban J connectivity index is 1.96. The maximum atomic E-state index is 12.7. The van der Waals surface area contributed by atoms with Gasteiger partial charge in [0.1, 0.15) is 10.7 Å². The van der Waals surface area contributed by atoms with Gasteiger partial charge in [-0.3, -0.25) is 4.79 Å². The quantitative estimate of drug-likeness (QED) is 0.476. The van der Waals surface area contributed by atoms with Crippen LogP contribution < -0.4 is 5.56 Å². The summed E-state index contributed by atoms with van der Waals surface area (Å²) >= 11 is 7.89. The predicted octanol–water partition coefficient (Wildman–Crippen LogP) is 5.64. The van der Waals surface area contributed by atoms with E-state index >= 15 is 0 Å². The minimum Gasteiger partial charge on any atom is -0.317 e. The first kappa shape index (κ1) is 18.0. The molecule has 3 heterocycles. The molecule has 27 heavy (non-hydrogen) atoms. The van der Waals surface area contributed by atoms with Crippen LogP contribution in [-0.2, 0) is 0 Å². The summed E-state index contributed by atoms with van der Waals surface area (Å²) in [7, 11) is 0. The monoisotopic (exact) mass is 397 g/mol. The van der Waals surface area contributed by atoms with Gasteiger partial charge in [-0.1, -0.05) is 17.7 Å². The van der Waals surface area contributed by atoms with Crippen molar-refractivity contribution in [1.29, 1.82) is 0 Å². The van der Waals surface area contributed by atoms with Crippen LogP contribution in [0.1, 0.15) is 27.4 Å². The lowest BCUT2D eigenvalue weighted by atomic mass is 10.2. The number of nitrogens with zero attached hydrogens (tertiary/aromatic N) is 2. The van der Waals surface area contributed by atoms with Gasteiger partial charge in [-0.2, -0.15) is 0 Å². The van der Waals surface area contributed by atoms with Crippen LogP contribution >= 0.6 is 22.9 Å². The molecule has 4 rings (SSSR count). The molecule has 0 amide bonds. The van der Waals surface area contributed by atoms with Crippen LogP contribution in [0.25, 0.3) is 27.3 Å². The molecule has 0 atom stereocenters. The molecule has 0 fully saturated rings. The Kier molecular flexibility index (Phi) is 4.24. The Labute approximate surface area is 166 Å². The number of thiophene rings is 1. The van der Waals surface area contributed by atoms with Gasteiger partial charge in [0.15, 0.2) is 0 Å². The van der Waals surface area contributed by atoms with Crippen LogP contribution in [0.5, 0.6) is 0 Å². The molecule has 0 bridgehead atoms. The van der Waals surface area contributed by atoms with Crippen molar-refractivity contribution in [1.82, 2.24) is 14.5 Å². The molecular weight excluding hydrogens is 378 g/mol. The molecule has 0 radical (unpaired) electrons. The lowest BCUT2D eigenvalue weighted by Crippen LogP contribution is -2.09. The summed E-state index contributed by atoms with van der Waals surface area (Å²) in [5, 5.41) is 1.43. The number of H-pyrrole nitrogens is 1. The molecule has 138 valence electrons. The largest absolute Gasteiger partial charge is 0.317 e. The van der Waals surface area contributed by atoms with Gasteiger partial charge >= 0.3 is 0 Å². The molecule has 0 saturated carbocycles. The van der Waals surface area contributed by atoms with Gasteiger partial charge in [-0.15, -0.1) is 11.3 Å². The number of aromatic nitrogens is 3. The number of nitrogens with one attached hydrogen (secondary N) is 1. The number of benzene rings is 1. The van der Waals surface area contributed by atoms with Gasteiger partial charge in [0.2, 0.25) is 0 Å². The third kappa shape index (κ3) is 2.73. The summed E-state index contributed by atoms with van der Waals surface area (Å²) in [5.41, 5.74) is 5.99. The average Bonchev–Trinajstić information content (AvgIpc) is 3.07. The zero-order chi connectivity index (χ0) is 19.5. The molecule has 1 N–H and O–H groups in total. The van der Waals surface area contributed by atoms with Gasteiger partial charge in [-0.25, -0.2) is 4.98 Å². The third-order valence-corrected chi connectivity index (χ3v) is 6.72. The zero-order valence-electron chi connectivity index (χ0n) is 15.9. The average molecular weight is 398 g/mol. The summed E-state index contributed by atoms with van der Waals surface area (Å²) in [6, 6.07) is 7.96. The summed E-state index contributed by atoms with van der Waals surface area (Å²) in [4.78, 5) is 22.3. The van der Waals surface area contributed by atoms with E-state index in [9.17, 15) is 4.79 Å². The fourth-order valence-corrected chi connectivity index (χ4v) is 4.79. The van der Waals surface area contributed by atoms with Crippen LogP contribution in [0, 0.1) is 34.6 Å². The van der Waals surface area contributed by atoms with Crippen LogP contribution in [-0.4, -0.2) is 14.5 Å². The van der Waals surface area contributed by atoms with E-state index in [1.165, 1.54) is 0 Å². The normalized spacial score (nSPS) is 11.5. The van der Waals surface area contributed by atoms with Crippen molar-refractivity contribution in [3.8, 4) is 17.1 Å². The maximum Gasteiger partial charge on any atom is 0.260 e. The van der Waals surface area contributed by atoms with E-state index in [0.717, 1.165) is 48.5 Å². The molecule has 0 saturated heterocycles. The minimum atomic E-state index is -0.0828. The van der Waals surface area contributed by atoms with E-state index in [-0.39, 0.29) is 5.56 Å². The lowest BCUT2D eigenvalue weighted by molar-refractivity contribution is 0.954. The summed E-state index contributed by atoms with van der Waals surface area (Å²) < 4.78 is 2.16. The van der Waals surface area contributed by atoms with Crippen molar-refractivity contribution in [3.05, 3.63) is 67.0 Å². The minimum absolute atomic E-state index is 0.0828. The summed E-state index contributed by atoms with van der Waals surface area (Å²) in [6.45, 7) is 10.1. The number of hydrogen-bond donors (Lipinski definition) is 1. The number of fused-ring (bicyclic) bond motifs is 1. The SMILES string of the molecule is Cc1sc2nc(-c3cc(C)n(-c4cccc(Cl)c4C)c3C)[nH]c(=O)c2c1C. The molecule has 4 aromatic rings. The molecule has 3 aromatic heterocycles. The number of rotatable bonds is 2. The Morgan fingerprint density at radius 3 is 2.59 bits per heavy atom. The molecule has 0 aliphatic heterocycles. The fourth-order valence-electron chi connectivity index (χ4n) is 3.59. The van der Waals surface area contributed by atoms with Crippen LogP contribution in [0.4, 0.5) is 0 Å².